The zero-order chi connectivity index (χ0) is 23.4. The molecule has 5 heteroatoms. The third-order valence-corrected chi connectivity index (χ3v) is 11.1. The van der Waals surface area contributed by atoms with E-state index in [-0.39, 0.29) is 11.3 Å². The van der Waals surface area contributed by atoms with Gasteiger partial charge in [-0.15, -0.1) is 0 Å². The topological polar surface area (TPSA) is 82.1 Å². The summed E-state index contributed by atoms with van der Waals surface area (Å²) in [7, 11) is 0. The Labute approximate surface area is 199 Å². The van der Waals surface area contributed by atoms with Crippen molar-refractivity contribution < 1.29 is 10.2 Å². The Morgan fingerprint density at radius 1 is 1.12 bits per heavy atom. The Bertz CT molecular complexity index is 907. The minimum atomic E-state index is -0.674. The van der Waals surface area contributed by atoms with Crippen LogP contribution in [0, 0.1) is 52.3 Å². The van der Waals surface area contributed by atoms with Crippen molar-refractivity contribution in [1.82, 2.24) is 9.78 Å². The number of rotatable bonds is 5. The third kappa shape index (κ3) is 3.67. The van der Waals surface area contributed by atoms with Crippen LogP contribution in [0.5, 0.6) is 0 Å². The summed E-state index contributed by atoms with van der Waals surface area (Å²) in [5.41, 5.74) is -0.539. The molecule has 5 nitrogen and oxygen atoms in total. The minimum absolute atomic E-state index is 0.0384. The van der Waals surface area contributed by atoms with Crippen LogP contribution in [0.15, 0.2) is 12.4 Å². The maximum Gasteiger partial charge on any atom is 0.102 e. The fourth-order valence-corrected chi connectivity index (χ4v) is 9.47. The molecule has 0 aromatic carbocycles. The molecule has 0 amide bonds. The first-order valence-corrected chi connectivity index (χ1v) is 13.6. The molecular weight excluding hydrogens is 410 g/mol. The lowest BCUT2D eigenvalue weighted by atomic mass is 9.47. The zero-order valence-electron chi connectivity index (χ0n) is 20.8. The third-order valence-electron chi connectivity index (χ3n) is 11.1. The van der Waals surface area contributed by atoms with E-state index in [1.54, 1.807) is 12.4 Å². The number of hydrogen-bond acceptors (Lipinski definition) is 4. The first-order chi connectivity index (χ1) is 15.7. The monoisotopic (exact) mass is 453 g/mol. The molecule has 0 saturated heterocycles. The van der Waals surface area contributed by atoms with Crippen LogP contribution in [-0.2, 0) is 6.54 Å². The molecule has 9 atom stereocenters. The van der Waals surface area contributed by atoms with Gasteiger partial charge < -0.3 is 10.2 Å². The van der Waals surface area contributed by atoms with Crippen molar-refractivity contribution >= 4 is 0 Å². The summed E-state index contributed by atoms with van der Waals surface area (Å²) in [5, 5.41) is 36.7. The van der Waals surface area contributed by atoms with Gasteiger partial charge >= 0.3 is 0 Å². The molecule has 182 valence electrons. The van der Waals surface area contributed by atoms with Crippen LogP contribution < -0.4 is 0 Å². The molecule has 4 fully saturated rings. The van der Waals surface area contributed by atoms with Gasteiger partial charge in [0.2, 0.25) is 0 Å². The summed E-state index contributed by atoms with van der Waals surface area (Å²) in [5.74, 6) is 3.71. The average molecular weight is 454 g/mol. The van der Waals surface area contributed by atoms with E-state index < -0.39 is 11.2 Å². The van der Waals surface area contributed by atoms with E-state index in [0.717, 1.165) is 62.7 Å². The molecule has 2 N–H and O–H groups in total. The maximum atomic E-state index is 12.2. The number of aromatic nitrogens is 2. The summed E-state index contributed by atoms with van der Waals surface area (Å²) < 4.78 is 1.84. The van der Waals surface area contributed by atoms with Gasteiger partial charge in [0.15, 0.2) is 0 Å². The lowest BCUT2D eigenvalue weighted by molar-refractivity contribution is -0.162. The zero-order valence-corrected chi connectivity index (χ0v) is 20.8. The lowest BCUT2D eigenvalue weighted by Crippen LogP contribution is -2.57. The van der Waals surface area contributed by atoms with Gasteiger partial charge in [-0.05, 0) is 99.2 Å². The SMILES string of the molecule is CCC[C@@]1(O)CC[C@@H]2C3CC[C@@]4(C)C(CC[C@]4(O)[C@@H](C)Cn4cc(C#N)cn4)C3CC[C@@H]2C1. The predicted molar refractivity (Wildman–Crippen MR) is 128 cm³/mol. The fourth-order valence-electron chi connectivity index (χ4n) is 9.47. The van der Waals surface area contributed by atoms with E-state index in [1.165, 1.54) is 25.7 Å². The van der Waals surface area contributed by atoms with Crippen LogP contribution in [0.4, 0.5) is 0 Å². The summed E-state index contributed by atoms with van der Waals surface area (Å²) in [4.78, 5) is 0. The molecule has 1 aromatic heterocycles. The van der Waals surface area contributed by atoms with Gasteiger partial charge in [-0.1, -0.05) is 27.2 Å². The Morgan fingerprint density at radius 3 is 2.64 bits per heavy atom. The first-order valence-electron chi connectivity index (χ1n) is 13.6. The van der Waals surface area contributed by atoms with Crippen molar-refractivity contribution in [3.05, 3.63) is 18.0 Å². The van der Waals surface area contributed by atoms with Crippen molar-refractivity contribution in [3.8, 4) is 6.07 Å². The van der Waals surface area contributed by atoms with E-state index in [0.29, 0.717) is 23.9 Å². The van der Waals surface area contributed by atoms with Gasteiger partial charge in [0.05, 0.1) is 23.0 Å². The number of hydrogen-bond donors (Lipinski definition) is 2. The van der Waals surface area contributed by atoms with Crippen LogP contribution >= 0.6 is 0 Å². The number of nitrogens with zero attached hydrogens (tertiary/aromatic N) is 3. The van der Waals surface area contributed by atoms with Crippen LogP contribution in [0.1, 0.15) is 97.0 Å². The summed E-state index contributed by atoms with van der Waals surface area (Å²) in [6.45, 7) is 7.42. The van der Waals surface area contributed by atoms with Gasteiger partial charge in [-0.2, -0.15) is 10.4 Å². The molecule has 1 heterocycles. The summed E-state index contributed by atoms with van der Waals surface area (Å²) in [6.07, 6.45) is 15.6. The van der Waals surface area contributed by atoms with Crippen LogP contribution in [-0.4, -0.2) is 31.2 Å². The number of nitriles is 1. The van der Waals surface area contributed by atoms with Crippen LogP contribution in [0.2, 0.25) is 0 Å². The first kappa shape index (κ1) is 23.4. The predicted octanol–water partition coefficient (Wildman–Crippen LogP) is 5.31. The molecule has 1 aromatic rings. The summed E-state index contributed by atoms with van der Waals surface area (Å²) >= 11 is 0. The highest BCUT2D eigenvalue weighted by Crippen LogP contribution is 2.67. The van der Waals surface area contributed by atoms with E-state index in [1.807, 2.05) is 4.68 Å². The Kier molecular flexibility index (Phi) is 5.93. The van der Waals surface area contributed by atoms with Gasteiger partial charge in [-0.25, -0.2) is 0 Å². The number of aliphatic hydroxyl groups is 2. The second kappa shape index (κ2) is 8.38. The molecule has 4 saturated carbocycles. The highest BCUT2D eigenvalue weighted by Gasteiger charge is 2.64. The van der Waals surface area contributed by atoms with E-state index in [4.69, 9.17) is 5.26 Å². The molecule has 33 heavy (non-hydrogen) atoms. The van der Waals surface area contributed by atoms with E-state index in [9.17, 15) is 10.2 Å². The smallest absolute Gasteiger partial charge is 0.102 e. The molecule has 0 aliphatic heterocycles. The standard InChI is InChI=1S/C28H43N3O2/c1-4-10-27(32)12-8-22-21(14-27)5-6-24-23(22)7-11-26(3)25(24)9-13-28(26,33)19(2)17-31-18-20(15-29)16-30-31/h16,18-19,21-25,32-33H,4-14,17H2,1-3H3/t19-,21+,22-,23?,24?,25?,26-,27+,28-/m0/s1. The highest BCUT2D eigenvalue weighted by molar-refractivity contribution is 5.22. The largest absolute Gasteiger partial charge is 0.390 e. The normalized spacial score (nSPS) is 45.5. The fraction of sp³-hybridized carbons (Fsp3) is 0.857. The Morgan fingerprint density at radius 2 is 1.91 bits per heavy atom. The molecule has 4 aliphatic carbocycles. The van der Waals surface area contributed by atoms with E-state index in [2.05, 4.69) is 31.9 Å². The molecule has 3 unspecified atom stereocenters. The average Bonchev–Trinajstić information content (AvgIpc) is 3.35. The molecule has 4 aliphatic rings. The summed E-state index contributed by atoms with van der Waals surface area (Å²) in [6, 6.07) is 2.16. The van der Waals surface area contributed by atoms with Crippen molar-refractivity contribution in [3.63, 3.8) is 0 Å². The van der Waals surface area contributed by atoms with Gasteiger partial charge in [0, 0.05) is 18.7 Å². The highest BCUT2D eigenvalue weighted by atomic mass is 16.3. The maximum absolute atomic E-state index is 12.2. The number of fused-ring (bicyclic) bond motifs is 5. The molecule has 0 bridgehead atoms. The molecule has 0 spiro atoms. The molecule has 5 rings (SSSR count). The second-order valence-corrected chi connectivity index (χ2v) is 12.5. The van der Waals surface area contributed by atoms with Gasteiger partial charge in [0.25, 0.3) is 0 Å². The Balaban J connectivity index is 1.31. The lowest BCUT2D eigenvalue weighted by Gasteiger charge is -2.59. The van der Waals surface area contributed by atoms with Crippen molar-refractivity contribution in [2.45, 2.75) is 109 Å². The van der Waals surface area contributed by atoms with Crippen molar-refractivity contribution in [2.24, 2.45) is 40.9 Å². The van der Waals surface area contributed by atoms with Crippen molar-refractivity contribution in [2.75, 3.05) is 0 Å². The molecular formula is C28H43N3O2. The van der Waals surface area contributed by atoms with Gasteiger partial charge in [0.1, 0.15) is 6.07 Å². The van der Waals surface area contributed by atoms with Crippen LogP contribution in [0.25, 0.3) is 0 Å². The van der Waals surface area contributed by atoms with Gasteiger partial charge in [-0.3, -0.25) is 4.68 Å². The quantitative estimate of drug-likeness (QED) is 0.633. The second-order valence-electron chi connectivity index (χ2n) is 12.5. The minimum Gasteiger partial charge on any atom is -0.390 e. The van der Waals surface area contributed by atoms with E-state index >= 15 is 0 Å². The van der Waals surface area contributed by atoms with Crippen LogP contribution in [0.3, 0.4) is 0 Å². The Hall–Kier alpha value is -1.38. The molecule has 0 radical (unpaired) electrons. The van der Waals surface area contributed by atoms with Crippen molar-refractivity contribution in [1.29, 1.82) is 5.26 Å².